The third-order valence-corrected chi connectivity index (χ3v) is 12.6. The molecule has 0 aromatic rings. The van der Waals surface area contributed by atoms with Gasteiger partial charge in [-0.1, -0.05) is 51.8 Å². The van der Waals surface area contributed by atoms with E-state index in [-0.39, 0.29) is 55.3 Å². The molecule has 1 aliphatic carbocycles. The molecule has 3 heterocycles. The summed E-state index contributed by atoms with van der Waals surface area (Å²) in [6.45, 7) is 11.2. The van der Waals surface area contributed by atoms with Gasteiger partial charge in [0.25, 0.3) is 11.7 Å². The molecule has 0 aromatic heterocycles. The molecule has 12 nitrogen and oxygen atoms in total. The van der Waals surface area contributed by atoms with Crippen molar-refractivity contribution in [3.8, 4) is 0 Å². The number of amides is 1. The molecular weight excluding hydrogens is 706 g/mol. The van der Waals surface area contributed by atoms with E-state index in [4.69, 9.17) is 23.7 Å². The average Bonchev–Trinajstić information content (AvgIpc) is 3.17. The number of ether oxygens (including phenoxy) is 5. The van der Waals surface area contributed by atoms with E-state index in [0.29, 0.717) is 37.7 Å². The molecule has 55 heavy (non-hydrogen) atoms. The van der Waals surface area contributed by atoms with Crippen molar-refractivity contribution in [3.63, 3.8) is 0 Å². The largest absolute Gasteiger partial charge is 0.456 e. The molecule has 4 aliphatic rings. The van der Waals surface area contributed by atoms with Gasteiger partial charge in [0, 0.05) is 39.7 Å². The molecule has 12 atom stereocenters. The number of ketones is 3. The van der Waals surface area contributed by atoms with Crippen molar-refractivity contribution in [2.24, 2.45) is 29.6 Å². The number of fused-ring (bicyclic) bond motifs is 3. The number of piperidine rings is 1. The highest BCUT2D eigenvalue weighted by Gasteiger charge is 2.56. The second-order valence-corrected chi connectivity index (χ2v) is 16.8. The fourth-order valence-electron chi connectivity index (χ4n) is 9.25. The highest BCUT2D eigenvalue weighted by atomic mass is 16.7. The number of carbonyl (C=O) groups is 5. The maximum Gasteiger partial charge on any atom is 0.329 e. The number of nitrogens with zero attached hydrogens (tertiary/aromatic N) is 1. The van der Waals surface area contributed by atoms with Gasteiger partial charge in [0.1, 0.15) is 29.8 Å². The lowest BCUT2D eigenvalue weighted by Gasteiger charge is -2.47. The zero-order chi connectivity index (χ0) is 40.6. The van der Waals surface area contributed by atoms with Crippen LogP contribution in [0.1, 0.15) is 119 Å². The molecule has 1 saturated carbocycles. The summed E-state index contributed by atoms with van der Waals surface area (Å²) in [5.41, 5.74) is 1.67. The van der Waals surface area contributed by atoms with Gasteiger partial charge in [0.05, 0.1) is 30.7 Å². The SMILES string of the molecule is CC[C@@H]1/C=C(\C)C[C@H](C)C[C@H](OC)[C@H]2O[C@@](O)(C(=O)C(=O)N3CCCC[C@H]3C(=O)O[C@H](/C(C)=C/[C@@H]3CCC[C@H](OC)C3)[C@H](C)C(=O)CC1=O)[C@H](C)C[C@@H]2OC. The Morgan fingerprint density at radius 1 is 0.927 bits per heavy atom. The maximum atomic E-state index is 14.2. The summed E-state index contributed by atoms with van der Waals surface area (Å²) in [4.78, 5) is 71.5. The maximum absolute atomic E-state index is 14.2. The number of esters is 1. The van der Waals surface area contributed by atoms with Gasteiger partial charge < -0.3 is 33.7 Å². The highest BCUT2D eigenvalue weighted by Crippen LogP contribution is 2.39. The smallest absolute Gasteiger partial charge is 0.329 e. The topological polar surface area (TPSA) is 155 Å². The second kappa shape index (κ2) is 20.1. The Morgan fingerprint density at radius 3 is 2.27 bits per heavy atom. The minimum atomic E-state index is -2.49. The van der Waals surface area contributed by atoms with Crippen LogP contribution in [-0.4, -0.2) is 109 Å². The van der Waals surface area contributed by atoms with Crippen LogP contribution in [0.4, 0.5) is 0 Å². The molecule has 1 amide bonds. The molecule has 12 heteroatoms. The number of carbonyl (C=O) groups excluding carboxylic acids is 5. The summed E-state index contributed by atoms with van der Waals surface area (Å²) < 4.78 is 29.8. The summed E-state index contributed by atoms with van der Waals surface area (Å²) in [7, 11) is 4.77. The number of rotatable bonds is 6. The summed E-state index contributed by atoms with van der Waals surface area (Å²) in [5, 5.41) is 12.0. The zero-order valence-corrected chi connectivity index (χ0v) is 34.7. The first-order valence-corrected chi connectivity index (χ1v) is 20.5. The molecule has 3 aliphatic heterocycles. The van der Waals surface area contributed by atoms with E-state index in [2.05, 4.69) is 6.08 Å². The van der Waals surface area contributed by atoms with E-state index in [1.54, 1.807) is 21.0 Å². The van der Waals surface area contributed by atoms with Crippen LogP contribution in [0.15, 0.2) is 23.3 Å². The Hall–Kier alpha value is -2.77. The average molecular weight is 774 g/mol. The fraction of sp³-hybridized carbons (Fsp3) is 0.791. The highest BCUT2D eigenvalue weighted by molar-refractivity contribution is 6.39. The monoisotopic (exact) mass is 773 g/mol. The number of hydrogen-bond donors (Lipinski definition) is 1. The molecule has 2 saturated heterocycles. The van der Waals surface area contributed by atoms with E-state index in [0.717, 1.165) is 31.3 Å². The van der Waals surface area contributed by atoms with Crippen LogP contribution >= 0.6 is 0 Å². The standard InChI is InChI=1S/C43H67NO11/c1-10-31-19-25(2)18-26(3)20-36(52-8)39-37(53-9)22-28(5)43(50,55-39)40(47)41(48)44-17-12-11-16-33(44)42(49)54-38(29(6)34(45)24-35(31)46)27(4)21-30-14-13-15-32(23-30)51-7/h19,21,26,28-33,36-39,50H,10-18,20,22-24H2,1-9H3/b25-19+,27-21+/t26-,28+,29+,30-,31+,32-,33-,36-,37-,38+,39+,43+/m0/s1. The summed E-state index contributed by atoms with van der Waals surface area (Å²) in [6.07, 6.45) is 7.67. The van der Waals surface area contributed by atoms with Gasteiger partial charge >= 0.3 is 5.97 Å². The zero-order valence-electron chi connectivity index (χ0n) is 34.7. The van der Waals surface area contributed by atoms with Gasteiger partial charge in [-0.15, -0.1) is 0 Å². The van der Waals surface area contributed by atoms with Crippen molar-refractivity contribution in [1.29, 1.82) is 0 Å². The van der Waals surface area contributed by atoms with Gasteiger partial charge in [-0.25, -0.2) is 4.79 Å². The molecule has 0 aromatic carbocycles. The minimum Gasteiger partial charge on any atom is -0.456 e. The van der Waals surface area contributed by atoms with Crippen LogP contribution in [0, 0.1) is 29.6 Å². The Kier molecular flexibility index (Phi) is 16.4. The number of aliphatic hydroxyl groups is 1. The van der Waals surface area contributed by atoms with E-state index >= 15 is 0 Å². The Labute approximate surface area is 328 Å². The predicted octanol–water partition coefficient (Wildman–Crippen LogP) is 5.71. The molecule has 2 bridgehead atoms. The number of hydrogen-bond acceptors (Lipinski definition) is 11. The van der Waals surface area contributed by atoms with Crippen molar-refractivity contribution in [3.05, 3.63) is 23.3 Å². The third kappa shape index (κ3) is 10.8. The van der Waals surface area contributed by atoms with Crippen LogP contribution in [-0.2, 0) is 47.7 Å². The molecule has 0 unspecified atom stereocenters. The van der Waals surface area contributed by atoms with Crippen LogP contribution in [0.5, 0.6) is 0 Å². The molecule has 1 N–H and O–H groups in total. The quantitative estimate of drug-likeness (QED) is 0.153. The molecule has 4 rings (SSSR count). The number of methoxy groups -OCH3 is 3. The van der Waals surface area contributed by atoms with Crippen LogP contribution in [0.2, 0.25) is 0 Å². The normalized spacial score (nSPS) is 39.4. The summed E-state index contributed by atoms with van der Waals surface area (Å²) in [6, 6.07) is -1.12. The molecular formula is C43H67NO11. The number of allylic oxidation sites excluding steroid dienone is 3. The lowest BCUT2D eigenvalue weighted by Crippen LogP contribution is -2.64. The van der Waals surface area contributed by atoms with Gasteiger partial charge in [0.15, 0.2) is 0 Å². The lowest BCUT2D eigenvalue weighted by molar-refractivity contribution is -0.302. The predicted molar refractivity (Wildman–Crippen MR) is 206 cm³/mol. The van der Waals surface area contributed by atoms with E-state index < -0.39 is 71.7 Å². The summed E-state index contributed by atoms with van der Waals surface area (Å²) >= 11 is 0. The van der Waals surface area contributed by atoms with E-state index in [1.165, 1.54) is 19.1 Å². The van der Waals surface area contributed by atoms with E-state index in [1.807, 2.05) is 33.8 Å². The number of cyclic esters (lactones) is 1. The van der Waals surface area contributed by atoms with Gasteiger partial charge in [-0.2, -0.15) is 0 Å². The molecule has 0 radical (unpaired) electrons. The van der Waals surface area contributed by atoms with Crippen molar-refractivity contribution >= 4 is 29.2 Å². The van der Waals surface area contributed by atoms with Crippen LogP contribution < -0.4 is 0 Å². The molecule has 3 fully saturated rings. The van der Waals surface area contributed by atoms with Crippen molar-refractivity contribution in [2.75, 3.05) is 27.9 Å². The second-order valence-electron chi connectivity index (χ2n) is 16.8. The fourth-order valence-corrected chi connectivity index (χ4v) is 9.25. The van der Waals surface area contributed by atoms with Crippen molar-refractivity contribution in [2.45, 2.75) is 161 Å². The first kappa shape index (κ1) is 44.9. The van der Waals surface area contributed by atoms with E-state index in [9.17, 15) is 29.1 Å². The number of Topliss-reactive ketones (excluding diaryl/α,β-unsaturated/α-hetero) is 3. The molecule has 0 spiro atoms. The summed E-state index contributed by atoms with van der Waals surface area (Å²) in [5.74, 6) is -7.90. The Balaban J connectivity index is 1.77. The first-order chi connectivity index (χ1) is 26.1. The van der Waals surface area contributed by atoms with Gasteiger partial charge in [0.2, 0.25) is 5.79 Å². The van der Waals surface area contributed by atoms with Crippen LogP contribution in [0.25, 0.3) is 0 Å². The Bertz CT molecular complexity index is 1440. The lowest BCUT2D eigenvalue weighted by atomic mass is 9.82. The third-order valence-electron chi connectivity index (χ3n) is 12.6. The minimum absolute atomic E-state index is 0.0339. The van der Waals surface area contributed by atoms with Crippen LogP contribution in [0.3, 0.4) is 0 Å². The molecule has 310 valence electrons. The van der Waals surface area contributed by atoms with Gasteiger partial charge in [-0.3, -0.25) is 19.2 Å². The Morgan fingerprint density at radius 2 is 1.62 bits per heavy atom. The van der Waals surface area contributed by atoms with Crippen molar-refractivity contribution in [1.82, 2.24) is 4.90 Å². The first-order valence-electron chi connectivity index (χ1n) is 20.5. The van der Waals surface area contributed by atoms with Gasteiger partial charge in [-0.05, 0) is 95.5 Å². The van der Waals surface area contributed by atoms with Crippen molar-refractivity contribution < 1.29 is 52.8 Å².